The molecule has 166 valence electrons. The molecule has 1 amide bonds. The van der Waals surface area contributed by atoms with E-state index in [1.807, 2.05) is 37.6 Å². The summed E-state index contributed by atoms with van der Waals surface area (Å²) in [4.78, 5) is 25.4. The van der Waals surface area contributed by atoms with Crippen molar-refractivity contribution in [1.29, 1.82) is 0 Å². The highest BCUT2D eigenvalue weighted by molar-refractivity contribution is 5.89. The van der Waals surface area contributed by atoms with E-state index in [1.54, 1.807) is 17.2 Å². The molecule has 1 unspecified atom stereocenters. The second-order valence-corrected chi connectivity index (χ2v) is 9.00. The maximum absolute atomic E-state index is 12.3. The van der Waals surface area contributed by atoms with Crippen LogP contribution in [0.4, 0.5) is 10.5 Å². The van der Waals surface area contributed by atoms with Crippen LogP contribution in [0.2, 0.25) is 0 Å². The first-order valence-corrected chi connectivity index (χ1v) is 10.7. The van der Waals surface area contributed by atoms with Gasteiger partial charge in [0.05, 0.1) is 22.2 Å². The van der Waals surface area contributed by atoms with Crippen molar-refractivity contribution in [3.63, 3.8) is 0 Å². The fraction of sp³-hybridized carbons (Fsp3) is 0.545. The summed E-state index contributed by atoms with van der Waals surface area (Å²) < 4.78 is 13.1. The Morgan fingerprint density at radius 1 is 1.32 bits per heavy atom. The summed E-state index contributed by atoms with van der Waals surface area (Å²) in [5.41, 5.74) is 1.73. The van der Waals surface area contributed by atoms with Gasteiger partial charge < -0.3 is 14.4 Å². The van der Waals surface area contributed by atoms with Gasteiger partial charge in [-0.2, -0.15) is 5.10 Å². The molecule has 9 heteroatoms. The third-order valence-corrected chi connectivity index (χ3v) is 5.54. The molecule has 1 aromatic heterocycles. The fourth-order valence-corrected chi connectivity index (χ4v) is 4.04. The van der Waals surface area contributed by atoms with Gasteiger partial charge >= 0.3 is 6.09 Å². The number of benzene rings is 1. The lowest BCUT2D eigenvalue weighted by Crippen LogP contribution is -2.39. The number of hydrogen-bond donors (Lipinski definition) is 0. The van der Waals surface area contributed by atoms with Crippen molar-refractivity contribution in [2.24, 2.45) is 0 Å². The first-order chi connectivity index (χ1) is 14.7. The highest BCUT2D eigenvalue weighted by Crippen LogP contribution is 2.36. The fourth-order valence-electron chi connectivity index (χ4n) is 4.04. The maximum Gasteiger partial charge on any atom is 0.410 e. The Balaban J connectivity index is 1.65. The molecule has 1 atom stereocenters. The van der Waals surface area contributed by atoms with Gasteiger partial charge in [-0.25, -0.2) is 9.48 Å². The van der Waals surface area contributed by atoms with Gasteiger partial charge in [-0.1, -0.05) is 6.08 Å². The number of rotatable bonds is 3. The molecule has 0 aliphatic carbocycles. The molecular weight excluding hydrogens is 400 g/mol. The lowest BCUT2D eigenvalue weighted by molar-refractivity contribution is -0.385. The second-order valence-electron chi connectivity index (χ2n) is 9.00. The van der Waals surface area contributed by atoms with Crippen molar-refractivity contribution >= 4 is 28.3 Å². The monoisotopic (exact) mass is 428 g/mol. The minimum absolute atomic E-state index is 0.0496. The van der Waals surface area contributed by atoms with E-state index < -0.39 is 5.60 Å². The summed E-state index contributed by atoms with van der Waals surface area (Å²) in [7, 11) is 0. The standard InChI is InChI=1S/C22H28N4O5/c1-22(2,3)31-21(27)24-9-7-15(8-10-24)17-13-18-16(12-19(17)26(28)29)14-23-25(18)20-6-4-5-11-30-20/h7,12-14,20H,4-6,8-11H2,1-3H3. The predicted molar refractivity (Wildman–Crippen MR) is 116 cm³/mol. The van der Waals surface area contributed by atoms with Gasteiger partial charge in [0.1, 0.15) is 5.60 Å². The lowest BCUT2D eigenvalue weighted by Gasteiger charge is -2.29. The number of fused-ring (bicyclic) bond motifs is 1. The maximum atomic E-state index is 12.3. The van der Waals surface area contributed by atoms with Crippen molar-refractivity contribution < 1.29 is 19.2 Å². The second kappa shape index (κ2) is 8.30. The van der Waals surface area contributed by atoms with Gasteiger partial charge in [0.2, 0.25) is 0 Å². The number of nitrogens with zero attached hydrogens (tertiary/aromatic N) is 4. The summed E-state index contributed by atoms with van der Waals surface area (Å²) in [6, 6.07) is 3.42. The molecule has 2 aliphatic rings. The summed E-state index contributed by atoms with van der Waals surface area (Å²) >= 11 is 0. The van der Waals surface area contributed by atoms with Crippen LogP contribution in [0, 0.1) is 10.1 Å². The van der Waals surface area contributed by atoms with Gasteiger partial charge in [-0.15, -0.1) is 0 Å². The molecule has 1 fully saturated rings. The number of amides is 1. The number of aromatic nitrogens is 2. The smallest absolute Gasteiger partial charge is 0.410 e. The summed E-state index contributed by atoms with van der Waals surface area (Å²) in [6.07, 6.45) is 6.49. The molecule has 2 aromatic rings. The average molecular weight is 428 g/mol. The minimum Gasteiger partial charge on any atom is -0.444 e. The zero-order valence-electron chi connectivity index (χ0n) is 18.2. The zero-order chi connectivity index (χ0) is 22.2. The van der Waals surface area contributed by atoms with Crippen LogP contribution in [0.1, 0.15) is 58.2 Å². The van der Waals surface area contributed by atoms with Gasteiger partial charge in [-0.3, -0.25) is 10.1 Å². The van der Waals surface area contributed by atoms with Crippen LogP contribution in [0.5, 0.6) is 0 Å². The van der Waals surface area contributed by atoms with Crippen LogP contribution < -0.4 is 0 Å². The molecule has 4 rings (SSSR count). The highest BCUT2D eigenvalue weighted by atomic mass is 16.6. The van der Waals surface area contributed by atoms with Crippen LogP contribution in [0.3, 0.4) is 0 Å². The number of carbonyl (C=O) groups is 1. The Morgan fingerprint density at radius 3 is 2.74 bits per heavy atom. The molecule has 3 heterocycles. The van der Waals surface area contributed by atoms with E-state index in [1.165, 1.54) is 0 Å². The normalized spacial score (nSPS) is 19.9. The van der Waals surface area contributed by atoms with Crippen molar-refractivity contribution in [1.82, 2.24) is 14.7 Å². The molecule has 0 spiro atoms. The van der Waals surface area contributed by atoms with Crippen molar-refractivity contribution in [2.45, 2.75) is 58.3 Å². The Kier molecular flexibility index (Phi) is 5.70. The van der Waals surface area contributed by atoms with Crippen LogP contribution in [0.25, 0.3) is 16.5 Å². The van der Waals surface area contributed by atoms with Gasteiger partial charge in [0.25, 0.3) is 5.69 Å². The van der Waals surface area contributed by atoms with Crippen LogP contribution >= 0.6 is 0 Å². The molecule has 0 saturated carbocycles. The molecule has 2 aliphatic heterocycles. The van der Waals surface area contributed by atoms with E-state index in [0.717, 1.165) is 35.7 Å². The third kappa shape index (κ3) is 4.56. The molecule has 31 heavy (non-hydrogen) atoms. The van der Waals surface area contributed by atoms with Crippen molar-refractivity contribution in [3.8, 4) is 0 Å². The molecule has 0 N–H and O–H groups in total. The van der Waals surface area contributed by atoms with E-state index in [2.05, 4.69) is 5.10 Å². The zero-order valence-corrected chi connectivity index (χ0v) is 18.2. The van der Waals surface area contributed by atoms with E-state index in [9.17, 15) is 14.9 Å². The summed E-state index contributed by atoms with van der Waals surface area (Å²) in [6.45, 7) is 6.97. The number of hydrogen-bond acceptors (Lipinski definition) is 6. The van der Waals surface area contributed by atoms with Crippen LogP contribution in [-0.4, -0.2) is 51.0 Å². The largest absolute Gasteiger partial charge is 0.444 e. The first kappa shape index (κ1) is 21.3. The predicted octanol–water partition coefficient (Wildman–Crippen LogP) is 4.67. The van der Waals surface area contributed by atoms with Crippen molar-refractivity contribution in [2.75, 3.05) is 19.7 Å². The summed E-state index contributed by atoms with van der Waals surface area (Å²) in [5.74, 6) is 0. The molecular formula is C22H28N4O5. The van der Waals surface area contributed by atoms with Gasteiger partial charge in [0.15, 0.2) is 6.23 Å². The summed E-state index contributed by atoms with van der Waals surface area (Å²) in [5, 5.41) is 17.0. The topological polar surface area (TPSA) is 99.7 Å². The third-order valence-electron chi connectivity index (χ3n) is 5.54. The highest BCUT2D eigenvalue weighted by Gasteiger charge is 2.28. The number of nitro benzene ring substituents is 1. The average Bonchev–Trinajstić information content (AvgIpc) is 3.15. The molecule has 1 saturated heterocycles. The Labute approximate surface area is 180 Å². The molecule has 9 nitrogen and oxygen atoms in total. The molecule has 0 bridgehead atoms. The molecule has 1 aromatic carbocycles. The number of ether oxygens (including phenoxy) is 2. The van der Waals surface area contributed by atoms with Gasteiger partial charge in [-0.05, 0) is 58.1 Å². The quantitative estimate of drug-likeness (QED) is 0.520. The van der Waals surface area contributed by atoms with E-state index >= 15 is 0 Å². The van der Waals surface area contributed by atoms with E-state index in [4.69, 9.17) is 9.47 Å². The lowest BCUT2D eigenvalue weighted by atomic mass is 9.96. The van der Waals surface area contributed by atoms with E-state index in [-0.39, 0.29) is 22.9 Å². The number of carbonyl (C=O) groups excluding carboxylic acids is 1. The van der Waals surface area contributed by atoms with Crippen LogP contribution in [-0.2, 0) is 9.47 Å². The van der Waals surface area contributed by atoms with Crippen LogP contribution in [0.15, 0.2) is 24.4 Å². The van der Waals surface area contributed by atoms with Crippen molar-refractivity contribution in [3.05, 3.63) is 40.1 Å². The Bertz CT molecular complexity index is 1030. The van der Waals surface area contributed by atoms with E-state index in [0.29, 0.717) is 31.7 Å². The van der Waals surface area contributed by atoms with Gasteiger partial charge in [0, 0.05) is 31.1 Å². The number of nitro groups is 1. The Morgan fingerprint density at radius 2 is 2.13 bits per heavy atom. The molecule has 0 radical (unpaired) electrons. The SMILES string of the molecule is CC(C)(C)OC(=O)N1CC=C(c2cc3c(cnn3C3CCCCO3)cc2[N+](=O)[O-])CC1. The first-order valence-electron chi connectivity index (χ1n) is 10.7. The Hall–Kier alpha value is -2.94. The minimum atomic E-state index is -0.565.